The van der Waals surface area contributed by atoms with Gasteiger partial charge in [0.2, 0.25) is 0 Å². The number of benzene rings is 1. The third-order valence-electron chi connectivity index (χ3n) is 3.26. The molecule has 0 aliphatic rings. The average Bonchev–Trinajstić information content (AvgIpc) is 2.50. The molecule has 1 aromatic rings. The zero-order valence-electron chi connectivity index (χ0n) is 12.5. The Balaban J connectivity index is 1.82. The van der Waals surface area contributed by atoms with E-state index in [4.69, 9.17) is 4.74 Å². The monoisotopic (exact) mass is 278 g/mol. The van der Waals surface area contributed by atoms with Crippen LogP contribution in [0, 0.1) is 0 Å². The van der Waals surface area contributed by atoms with E-state index in [9.17, 15) is 4.79 Å². The van der Waals surface area contributed by atoms with Gasteiger partial charge in [-0.25, -0.2) is 0 Å². The van der Waals surface area contributed by atoms with E-state index >= 15 is 0 Å². The quantitative estimate of drug-likeness (QED) is 0.451. The van der Waals surface area contributed by atoms with Crippen molar-refractivity contribution in [3.63, 3.8) is 0 Å². The van der Waals surface area contributed by atoms with Crippen molar-refractivity contribution in [3.8, 4) is 0 Å². The van der Waals surface area contributed by atoms with Gasteiger partial charge in [-0.3, -0.25) is 4.79 Å². The summed E-state index contributed by atoms with van der Waals surface area (Å²) < 4.78 is 10.2. The van der Waals surface area contributed by atoms with E-state index in [2.05, 4.69) is 16.9 Å². The van der Waals surface area contributed by atoms with Crippen molar-refractivity contribution in [1.82, 2.24) is 0 Å². The standard InChI is InChI=1S/C17H26O3/c1-19-17(18)13-9-4-2-3-5-10-14-20-15-16-11-7-6-8-12-16/h6-8,11-12H,2-5,9-10,13-15H2,1H3. The van der Waals surface area contributed by atoms with E-state index in [-0.39, 0.29) is 5.97 Å². The van der Waals surface area contributed by atoms with E-state index in [0.29, 0.717) is 13.0 Å². The van der Waals surface area contributed by atoms with Crippen molar-refractivity contribution in [1.29, 1.82) is 0 Å². The van der Waals surface area contributed by atoms with E-state index in [1.165, 1.54) is 31.9 Å². The third-order valence-corrected chi connectivity index (χ3v) is 3.26. The molecule has 0 heterocycles. The molecule has 1 rings (SSSR count). The summed E-state index contributed by atoms with van der Waals surface area (Å²) >= 11 is 0. The summed E-state index contributed by atoms with van der Waals surface area (Å²) in [5, 5.41) is 0. The number of hydrogen-bond acceptors (Lipinski definition) is 3. The second kappa shape index (κ2) is 11.5. The highest BCUT2D eigenvalue weighted by atomic mass is 16.5. The molecule has 0 radical (unpaired) electrons. The molecule has 0 unspecified atom stereocenters. The van der Waals surface area contributed by atoms with Crippen LogP contribution >= 0.6 is 0 Å². The van der Waals surface area contributed by atoms with Gasteiger partial charge < -0.3 is 9.47 Å². The first-order valence-electron chi connectivity index (χ1n) is 7.51. The molecule has 0 fully saturated rings. The van der Waals surface area contributed by atoms with Gasteiger partial charge in [0.1, 0.15) is 0 Å². The average molecular weight is 278 g/mol. The van der Waals surface area contributed by atoms with Gasteiger partial charge in [0.25, 0.3) is 0 Å². The Hall–Kier alpha value is -1.35. The van der Waals surface area contributed by atoms with Crippen LogP contribution in [0.15, 0.2) is 30.3 Å². The second-order valence-electron chi connectivity index (χ2n) is 4.99. The Kier molecular flexibility index (Phi) is 9.58. The Morgan fingerprint density at radius 3 is 2.30 bits per heavy atom. The highest BCUT2D eigenvalue weighted by Crippen LogP contribution is 2.08. The summed E-state index contributed by atoms with van der Waals surface area (Å²) in [4.78, 5) is 10.9. The van der Waals surface area contributed by atoms with Crippen LogP contribution in [0.5, 0.6) is 0 Å². The number of methoxy groups -OCH3 is 1. The topological polar surface area (TPSA) is 35.5 Å². The summed E-state index contributed by atoms with van der Waals surface area (Å²) in [6, 6.07) is 10.3. The number of ether oxygens (including phenoxy) is 2. The lowest BCUT2D eigenvalue weighted by molar-refractivity contribution is -0.140. The number of hydrogen-bond donors (Lipinski definition) is 0. The number of esters is 1. The van der Waals surface area contributed by atoms with E-state index in [0.717, 1.165) is 25.9 Å². The predicted octanol–water partition coefficient (Wildman–Crippen LogP) is 4.11. The molecule has 0 aliphatic carbocycles. The first kappa shape index (κ1) is 16.7. The van der Waals surface area contributed by atoms with Crippen LogP contribution in [-0.2, 0) is 20.9 Å². The molecule has 0 spiro atoms. The van der Waals surface area contributed by atoms with Crippen LogP contribution in [0.4, 0.5) is 0 Å². The summed E-state index contributed by atoms with van der Waals surface area (Å²) in [5.41, 5.74) is 1.23. The maximum atomic E-state index is 10.9. The maximum Gasteiger partial charge on any atom is 0.305 e. The number of unbranched alkanes of at least 4 members (excludes halogenated alkanes) is 5. The van der Waals surface area contributed by atoms with Gasteiger partial charge in [-0.2, -0.15) is 0 Å². The lowest BCUT2D eigenvalue weighted by Gasteiger charge is -2.04. The fraction of sp³-hybridized carbons (Fsp3) is 0.588. The van der Waals surface area contributed by atoms with E-state index in [1.54, 1.807) is 0 Å². The van der Waals surface area contributed by atoms with Crippen molar-refractivity contribution in [2.75, 3.05) is 13.7 Å². The summed E-state index contributed by atoms with van der Waals surface area (Å²) in [6.07, 6.45) is 7.33. The number of carbonyl (C=O) groups is 1. The molecule has 3 nitrogen and oxygen atoms in total. The highest BCUT2D eigenvalue weighted by Gasteiger charge is 1.99. The molecule has 20 heavy (non-hydrogen) atoms. The second-order valence-corrected chi connectivity index (χ2v) is 4.99. The van der Waals surface area contributed by atoms with Crippen molar-refractivity contribution in [2.24, 2.45) is 0 Å². The largest absolute Gasteiger partial charge is 0.469 e. The van der Waals surface area contributed by atoms with Crippen molar-refractivity contribution < 1.29 is 14.3 Å². The fourth-order valence-electron chi connectivity index (χ4n) is 2.05. The minimum atomic E-state index is -0.0979. The molecule has 3 heteroatoms. The molecular weight excluding hydrogens is 252 g/mol. The smallest absolute Gasteiger partial charge is 0.305 e. The van der Waals surface area contributed by atoms with E-state index < -0.39 is 0 Å². The Morgan fingerprint density at radius 1 is 0.950 bits per heavy atom. The molecule has 0 bridgehead atoms. The maximum absolute atomic E-state index is 10.9. The zero-order valence-corrected chi connectivity index (χ0v) is 12.5. The van der Waals surface area contributed by atoms with Gasteiger partial charge in [-0.15, -0.1) is 0 Å². The lowest BCUT2D eigenvalue weighted by Crippen LogP contribution is -1.99. The number of rotatable bonds is 11. The molecule has 0 N–H and O–H groups in total. The SMILES string of the molecule is COC(=O)CCCCCCCCOCc1ccccc1. The van der Waals surface area contributed by atoms with Crippen LogP contribution in [0.25, 0.3) is 0 Å². The third kappa shape index (κ3) is 8.70. The molecule has 0 saturated heterocycles. The minimum Gasteiger partial charge on any atom is -0.469 e. The van der Waals surface area contributed by atoms with Gasteiger partial charge in [-0.1, -0.05) is 56.0 Å². The van der Waals surface area contributed by atoms with Crippen molar-refractivity contribution in [3.05, 3.63) is 35.9 Å². The number of carbonyl (C=O) groups excluding carboxylic acids is 1. The van der Waals surface area contributed by atoms with Gasteiger partial charge in [0.05, 0.1) is 13.7 Å². The minimum absolute atomic E-state index is 0.0979. The van der Waals surface area contributed by atoms with Gasteiger partial charge >= 0.3 is 5.97 Å². The lowest BCUT2D eigenvalue weighted by atomic mass is 10.1. The first-order valence-corrected chi connectivity index (χ1v) is 7.51. The van der Waals surface area contributed by atoms with Crippen molar-refractivity contribution in [2.45, 2.75) is 51.6 Å². The molecule has 0 saturated carbocycles. The molecule has 1 aromatic carbocycles. The normalized spacial score (nSPS) is 10.4. The van der Waals surface area contributed by atoms with Crippen LogP contribution in [0.1, 0.15) is 50.5 Å². The molecule has 0 atom stereocenters. The Morgan fingerprint density at radius 2 is 1.60 bits per heavy atom. The Bertz CT molecular complexity index is 349. The summed E-state index contributed by atoms with van der Waals surface area (Å²) in [6.45, 7) is 1.54. The van der Waals surface area contributed by atoms with Crippen LogP contribution in [-0.4, -0.2) is 19.7 Å². The zero-order chi connectivity index (χ0) is 14.5. The van der Waals surface area contributed by atoms with Crippen LogP contribution in [0.2, 0.25) is 0 Å². The molecular formula is C17H26O3. The van der Waals surface area contributed by atoms with Crippen molar-refractivity contribution >= 4 is 5.97 Å². The fourth-order valence-corrected chi connectivity index (χ4v) is 2.05. The van der Waals surface area contributed by atoms with Gasteiger partial charge in [0.15, 0.2) is 0 Å². The Labute approximate surface area is 122 Å². The van der Waals surface area contributed by atoms with E-state index in [1.807, 2.05) is 18.2 Å². The van der Waals surface area contributed by atoms with Crippen LogP contribution < -0.4 is 0 Å². The molecule has 0 aromatic heterocycles. The predicted molar refractivity (Wildman–Crippen MR) is 80.4 cm³/mol. The van der Waals surface area contributed by atoms with Crippen LogP contribution in [0.3, 0.4) is 0 Å². The molecule has 0 aliphatic heterocycles. The molecule has 112 valence electrons. The van der Waals surface area contributed by atoms with Gasteiger partial charge in [0, 0.05) is 13.0 Å². The molecule has 0 amide bonds. The summed E-state index contributed by atoms with van der Waals surface area (Å²) in [5.74, 6) is -0.0979. The summed E-state index contributed by atoms with van der Waals surface area (Å²) in [7, 11) is 1.44. The first-order chi connectivity index (χ1) is 9.83. The highest BCUT2D eigenvalue weighted by molar-refractivity contribution is 5.68. The van der Waals surface area contributed by atoms with Gasteiger partial charge in [-0.05, 0) is 18.4 Å².